The van der Waals surface area contributed by atoms with Gasteiger partial charge in [-0.1, -0.05) is 18.5 Å². The van der Waals surface area contributed by atoms with Crippen LogP contribution in [0.1, 0.15) is 13.3 Å². The molecule has 0 saturated carbocycles. The average Bonchev–Trinajstić information content (AvgIpc) is 3.30. The average molecular weight is 520 g/mol. The molecule has 1 atom stereocenters. The molecule has 4 rings (SSSR count). The van der Waals surface area contributed by atoms with Crippen LogP contribution in [0.3, 0.4) is 0 Å². The van der Waals surface area contributed by atoms with Crippen LogP contribution in [-0.2, 0) is 11.0 Å². The van der Waals surface area contributed by atoms with Crippen LogP contribution >= 0.6 is 11.6 Å². The maximum Gasteiger partial charge on any atom is 0.141 e. The van der Waals surface area contributed by atoms with Crippen LogP contribution in [0.2, 0.25) is 5.02 Å². The van der Waals surface area contributed by atoms with E-state index in [1.165, 1.54) is 0 Å². The number of fused-ring (bicyclic) bond motifs is 1. The number of piperazine rings is 1. The van der Waals surface area contributed by atoms with Gasteiger partial charge in [0.2, 0.25) is 0 Å². The van der Waals surface area contributed by atoms with Crippen molar-refractivity contribution >= 4 is 33.9 Å². The van der Waals surface area contributed by atoms with Gasteiger partial charge in [0, 0.05) is 74.3 Å². The number of hydrogen-bond donors (Lipinski definition) is 0. The molecule has 1 aromatic carbocycles. The second-order valence-corrected chi connectivity index (χ2v) is 10.9. The van der Waals surface area contributed by atoms with Crippen molar-refractivity contribution in [2.45, 2.75) is 13.3 Å². The monoisotopic (exact) mass is 519 g/mol. The molecule has 1 aliphatic rings. The first-order valence-electron chi connectivity index (χ1n) is 11.9. The van der Waals surface area contributed by atoms with Crippen molar-refractivity contribution in [3.63, 3.8) is 0 Å². The van der Waals surface area contributed by atoms with E-state index in [9.17, 15) is 4.21 Å². The minimum atomic E-state index is -0.881. The van der Waals surface area contributed by atoms with Crippen molar-refractivity contribution in [1.29, 1.82) is 0 Å². The molecule has 190 valence electrons. The zero-order valence-electron chi connectivity index (χ0n) is 20.9. The first kappa shape index (κ1) is 25.8. The van der Waals surface area contributed by atoms with Crippen molar-refractivity contribution < 1.29 is 13.7 Å². The van der Waals surface area contributed by atoms with Crippen LogP contribution in [0, 0.1) is 0 Å². The normalized spacial score (nSPS) is 15.7. The minimum absolute atomic E-state index is 0.517. The molecule has 0 radical (unpaired) electrons. The molecule has 35 heavy (non-hydrogen) atoms. The van der Waals surface area contributed by atoms with E-state index in [0.717, 1.165) is 61.7 Å². The van der Waals surface area contributed by atoms with Gasteiger partial charge in [0.1, 0.15) is 17.1 Å². The Balaban J connectivity index is 1.57. The highest BCUT2D eigenvalue weighted by Gasteiger charge is 2.21. The lowest BCUT2D eigenvalue weighted by Crippen LogP contribution is -2.47. The summed E-state index contributed by atoms with van der Waals surface area (Å²) in [6.07, 6.45) is 4.93. The third-order valence-electron chi connectivity index (χ3n) is 6.12. The molecule has 1 aliphatic heterocycles. The maximum atomic E-state index is 12.1. The van der Waals surface area contributed by atoms with Crippen molar-refractivity contribution in [2.24, 2.45) is 0 Å². The smallest absolute Gasteiger partial charge is 0.141 e. The SMILES string of the molecule is CCS(=O)N1CCN(c2ccn3cc(-c4cc(Cl)c(OC)cc4OCCCN(C)C)nc3c2)CC1. The predicted octanol–water partition coefficient (Wildman–Crippen LogP) is 3.80. The second kappa shape index (κ2) is 11.6. The summed E-state index contributed by atoms with van der Waals surface area (Å²) in [5.41, 5.74) is 3.59. The maximum absolute atomic E-state index is 12.1. The fraction of sp³-hybridized carbons (Fsp3) is 0.480. The number of nitrogens with zero attached hydrogens (tertiary/aromatic N) is 5. The third-order valence-corrected chi connectivity index (χ3v) is 7.85. The lowest BCUT2D eigenvalue weighted by atomic mass is 10.1. The van der Waals surface area contributed by atoms with Gasteiger partial charge >= 0.3 is 0 Å². The molecular weight excluding hydrogens is 486 g/mol. The van der Waals surface area contributed by atoms with E-state index in [-0.39, 0.29) is 0 Å². The number of benzene rings is 1. The van der Waals surface area contributed by atoms with Gasteiger partial charge in [0.15, 0.2) is 0 Å². The molecule has 0 N–H and O–H groups in total. The lowest BCUT2D eigenvalue weighted by Gasteiger charge is -2.35. The highest BCUT2D eigenvalue weighted by Crippen LogP contribution is 2.38. The summed E-state index contributed by atoms with van der Waals surface area (Å²) in [4.78, 5) is 9.35. The highest BCUT2D eigenvalue weighted by molar-refractivity contribution is 7.82. The summed E-state index contributed by atoms with van der Waals surface area (Å²) >= 11 is 6.47. The lowest BCUT2D eigenvalue weighted by molar-refractivity contribution is 0.281. The number of rotatable bonds is 10. The molecule has 0 aliphatic carbocycles. The topological polar surface area (TPSA) is 62.6 Å². The number of pyridine rings is 1. The van der Waals surface area contributed by atoms with Crippen LogP contribution in [0.4, 0.5) is 5.69 Å². The summed E-state index contributed by atoms with van der Waals surface area (Å²) in [5, 5.41) is 0.517. The summed E-state index contributed by atoms with van der Waals surface area (Å²) in [5.74, 6) is 1.94. The number of aromatic nitrogens is 2. The molecule has 8 nitrogen and oxygen atoms in total. The van der Waals surface area contributed by atoms with Crippen LogP contribution in [0.5, 0.6) is 11.5 Å². The fourth-order valence-electron chi connectivity index (χ4n) is 4.20. The zero-order valence-corrected chi connectivity index (χ0v) is 22.4. The number of ether oxygens (including phenoxy) is 2. The fourth-order valence-corrected chi connectivity index (χ4v) is 5.38. The first-order chi connectivity index (χ1) is 16.9. The van der Waals surface area contributed by atoms with Crippen LogP contribution < -0.4 is 14.4 Å². The molecule has 1 fully saturated rings. The Morgan fingerprint density at radius 1 is 1.14 bits per heavy atom. The molecule has 3 heterocycles. The third kappa shape index (κ3) is 6.09. The van der Waals surface area contributed by atoms with E-state index < -0.39 is 11.0 Å². The molecule has 1 unspecified atom stereocenters. The zero-order chi connectivity index (χ0) is 24.9. The van der Waals surface area contributed by atoms with Crippen molar-refractivity contribution in [1.82, 2.24) is 18.6 Å². The van der Waals surface area contributed by atoms with Gasteiger partial charge in [-0.2, -0.15) is 0 Å². The number of anilines is 1. The van der Waals surface area contributed by atoms with Gasteiger partial charge < -0.3 is 23.7 Å². The van der Waals surface area contributed by atoms with Crippen LogP contribution in [-0.4, -0.2) is 89.1 Å². The van der Waals surface area contributed by atoms with Gasteiger partial charge in [-0.05, 0) is 32.6 Å². The Hall–Kier alpha value is -2.33. The second-order valence-electron chi connectivity index (χ2n) is 8.79. The largest absolute Gasteiger partial charge is 0.495 e. The standard InChI is InChI=1S/C25H34ClN5O3S/c1-5-35(32)31-12-10-29(11-13-31)19-7-9-30-18-22(27-25(30)15-19)20-16-21(26)24(33-4)17-23(20)34-14-6-8-28(2)3/h7,9,15-18H,5-6,8,10-14H2,1-4H3. The number of imidazole rings is 1. The van der Waals surface area contributed by atoms with Gasteiger partial charge in [-0.25, -0.2) is 13.5 Å². The molecule has 1 saturated heterocycles. The van der Waals surface area contributed by atoms with Crippen molar-refractivity contribution in [2.75, 3.05) is 71.2 Å². The first-order valence-corrected chi connectivity index (χ1v) is 13.6. The Morgan fingerprint density at radius 2 is 1.91 bits per heavy atom. The number of hydrogen-bond acceptors (Lipinski definition) is 6. The van der Waals surface area contributed by atoms with E-state index in [0.29, 0.717) is 28.9 Å². The summed E-state index contributed by atoms with van der Waals surface area (Å²) in [6, 6.07) is 7.89. The molecule has 0 bridgehead atoms. The molecule has 0 spiro atoms. The molecule has 3 aromatic rings. The number of halogens is 1. The Labute approximate surface area is 215 Å². The Kier molecular flexibility index (Phi) is 8.54. The van der Waals surface area contributed by atoms with Crippen molar-refractivity contribution in [3.8, 4) is 22.8 Å². The summed E-state index contributed by atoms with van der Waals surface area (Å²) in [6.45, 7) is 6.77. The molecule has 2 aromatic heterocycles. The van der Waals surface area contributed by atoms with Gasteiger partial charge in [0.25, 0.3) is 0 Å². The van der Waals surface area contributed by atoms with Crippen LogP contribution in [0.15, 0.2) is 36.7 Å². The molecule has 0 amide bonds. The van der Waals surface area contributed by atoms with E-state index in [1.807, 2.05) is 49.9 Å². The summed E-state index contributed by atoms with van der Waals surface area (Å²) in [7, 11) is 4.82. The van der Waals surface area contributed by atoms with Gasteiger partial charge in [-0.3, -0.25) is 0 Å². The Bertz CT molecular complexity index is 1180. The van der Waals surface area contributed by atoms with Gasteiger partial charge in [-0.15, -0.1) is 0 Å². The van der Waals surface area contributed by atoms with E-state index in [4.69, 9.17) is 26.1 Å². The van der Waals surface area contributed by atoms with Crippen LogP contribution in [0.25, 0.3) is 16.9 Å². The molecule has 10 heteroatoms. The van der Waals surface area contributed by atoms with E-state index in [2.05, 4.69) is 26.2 Å². The Morgan fingerprint density at radius 3 is 2.60 bits per heavy atom. The molecular formula is C25H34ClN5O3S. The quantitative estimate of drug-likeness (QED) is 0.380. The van der Waals surface area contributed by atoms with E-state index in [1.54, 1.807) is 7.11 Å². The summed E-state index contributed by atoms with van der Waals surface area (Å²) < 4.78 is 27.7. The minimum Gasteiger partial charge on any atom is -0.495 e. The highest BCUT2D eigenvalue weighted by atomic mass is 35.5. The van der Waals surface area contributed by atoms with Crippen molar-refractivity contribution in [3.05, 3.63) is 41.7 Å². The number of methoxy groups -OCH3 is 1. The predicted molar refractivity (Wildman–Crippen MR) is 143 cm³/mol. The van der Waals surface area contributed by atoms with Gasteiger partial charge in [0.05, 0.1) is 35.4 Å². The van der Waals surface area contributed by atoms with E-state index >= 15 is 0 Å².